The van der Waals surface area contributed by atoms with Crippen molar-refractivity contribution in [1.29, 1.82) is 0 Å². The standard InChI is InChI=1S/C41H50ClN9O13/c1-50-20-33(57)46-26(12-22-19-51(40(43)63)27-13-23(42)10-11-25(22)27)38(61)45-18-32(56)44-17-24(52)14-30(54)48-35(36(59)28(53)9-5-8-21-6-3-2-4-7-21)37(60)39(62)47-29-15-31(55)49-41(29,64)16-34(50)58/h2-8,10-11,13,19,24,26,28-29,35-37,52-53,59-60,64H,9,12,14-18,20H2,1H3,(H2,43,63)(H,44,56)(H,45,61)(H,46,57)(H,47,62)(H,48,54)(H,49,55)/b8-5+/t24-,26+,28-,29+,35+,36+,37+,41+/m0/s1. The lowest BCUT2D eigenvalue weighted by Gasteiger charge is -2.34. The van der Waals surface area contributed by atoms with Crippen LogP contribution in [0.15, 0.2) is 60.8 Å². The summed E-state index contributed by atoms with van der Waals surface area (Å²) < 4.78 is 1.08. The minimum atomic E-state index is -2.49. The zero-order chi connectivity index (χ0) is 46.9. The normalized spacial score (nSPS) is 26.0. The molecular weight excluding hydrogens is 862 g/mol. The fourth-order valence-corrected chi connectivity index (χ4v) is 7.37. The van der Waals surface area contributed by atoms with Crippen LogP contribution in [0.4, 0.5) is 4.79 Å². The first-order chi connectivity index (χ1) is 30.2. The molecule has 8 atom stereocenters. The van der Waals surface area contributed by atoms with Crippen molar-refractivity contribution in [3.8, 4) is 0 Å². The highest BCUT2D eigenvalue weighted by molar-refractivity contribution is 6.31. The van der Waals surface area contributed by atoms with E-state index in [0.29, 0.717) is 16.5 Å². The van der Waals surface area contributed by atoms with Gasteiger partial charge in [-0.05, 0) is 29.7 Å². The molecule has 3 aromatic rings. The van der Waals surface area contributed by atoms with E-state index in [1.165, 1.54) is 31.5 Å². The van der Waals surface area contributed by atoms with E-state index in [1.54, 1.807) is 42.5 Å². The number of benzene rings is 2. The molecule has 2 aliphatic heterocycles. The van der Waals surface area contributed by atoms with Crippen molar-refractivity contribution in [3.05, 3.63) is 77.0 Å². The molecule has 0 aliphatic carbocycles. The number of carbonyl (C=O) groups excluding carboxylic acids is 8. The summed E-state index contributed by atoms with van der Waals surface area (Å²) in [6.45, 7) is -1.97. The van der Waals surface area contributed by atoms with Crippen LogP contribution >= 0.6 is 11.6 Å². The third-order valence-electron chi connectivity index (χ3n) is 10.6. The molecule has 13 N–H and O–H groups in total. The maximum atomic E-state index is 13.6. The lowest BCUT2D eigenvalue weighted by Crippen LogP contribution is -2.63. The molecule has 0 radical (unpaired) electrons. The highest BCUT2D eigenvalue weighted by Gasteiger charge is 2.49. The highest BCUT2D eigenvalue weighted by atomic mass is 35.5. The third-order valence-corrected chi connectivity index (χ3v) is 10.8. The molecule has 5 rings (SSSR count). The number of carbonyl (C=O) groups is 8. The third kappa shape index (κ3) is 12.6. The Morgan fingerprint density at radius 2 is 1.64 bits per heavy atom. The molecule has 2 aliphatic rings. The van der Waals surface area contributed by atoms with Gasteiger partial charge in [0.2, 0.25) is 35.4 Å². The topological polar surface area (TPSA) is 344 Å². The Hall–Kier alpha value is -6.43. The summed E-state index contributed by atoms with van der Waals surface area (Å²) in [5.74, 6) is -6.82. The molecule has 22 nitrogen and oxygen atoms in total. The molecule has 0 unspecified atom stereocenters. The van der Waals surface area contributed by atoms with Gasteiger partial charge in [-0.1, -0.05) is 60.2 Å². The van der Waals surface area contributed by atoms with Crippen LogP contribution in [0.5, 0.6) is 0 Å². The van der Waals surface area contributed by atoms with Crippen LogP contribution in [0.3, 0.4) is 0 Å². The number of nitrogens with zero attached hydrogens (tertiary/aromatic N) is 2. The Morgan fingerprint density at radius 1 is 0.922 bits per heavy atom. The Labute approximate surface area is 370 Å². The number of β-amino-alcohol motifs (C(OH)–C–C–N with tert-alkyl or cyclic N) is 1. The number of hydrogen-bond donors (Lipinski definition) is 12. The number of aliphatic hydroxyl groups excluding tert-OH is 4. The van der Waals surface area contributed by atoms with Gasteiger partial charge in [-0.3, -0.25) is 38.1 Å². The van der Waals surface area contributed by atoms with E-state index in [-0.39, 0.29) is 17.9 Å². The number of aromatic nitrogens is 1. The van der Waals surface area contributed by atoms with Crippen molar-refractivity contribution in [2.75, 3.05) is 26.7 Å². The molecule has 0 saturated carbocycles. The number of amides is 8. The lowest BCUT2D eigenvalue weighted by atomic mass is 9.95. The van der Waals surface area contributed by atoms with Crippen molar-refractivity contribution >= 4 is 76.0 Å². The van der Waals surface area contributed by atoms with Gasteiger partial charge in [-0.25, -0.2) is 4.79 Å². The van der Waals surface area contributed by atoms with E-state index in [4.69, 9.17) is 17.3 Å². The van der Waals surface area contributed by atoms with E-state index in [9.17, 15) is 63.9 Å². The van der Waals surface area contributed by atoms with Crippen LogP contribution < -0.4 is 37.6 Å². The van der Waals surface area contributed by atoms with Crippen molar-refractivity contribution in [3.63, 3.8) is 0 Å². The van der Waals surface area contributed by atoms with Gasteiger partial charge >= 0.3 is 6.03 Å². The molecule has 2 aromatic carbocycles. The lowest BCUT2D eigenvalue weighted by molar-refractivity contribution is -0.145. The van der Waals surface area contributed by atoms with Gasteiger partial charge in [-0.2, -0.15) is 0 Å². The number of primary amides is 1. The molecule has 2 fully saturated rings. The minimum absolute atomic E-state index is 0.230. The minimum Gasteiger partial charge on any atom is -0.391 e. The number of aliphatic hydroxyl groups is 5. The summed E-state index contributed by atoms with van der Waals surface area (Å²) in [7, 11) is 1.17. The first-order valence-electron chi connectivity index (χ1n) is 20.0. The average molecular weight is 912 g/mol. The quantitative estimate of drug-likeness (QED) is 0.109. The predicted molar refractivity (Wildman–Crippen MR) is 226 cm³/mol. The maximum absolute atomic E-state index is 13.6. The molecule has 8 amide bonds. The second kappa shape index (κ2) is 21.3. The van der Waals surface area contributed by atoms with E-state index >= 15 is 0 Å². The molecule has 0 spiro atoms. The van der Waals surface area contributed by atoms with Crippen molar-refractivity contribution in [1.82, 2.24) is 41.4 Å². The second-order valence-electron chi connectivity index (χ2n) is 15.5. The number of fused-ring (bicyclic) bond motifs is 2. The number of nitrogens with two attached hydrogens (primary N) is 1. The van der Waals surface area contributed by atoms with Crippen LogP contribution in [0.1, 0.15) is 36.8 Å². The van der Waals surface area contributed by atoms with Crippen LogP contribution in [-0.2, 0) is 40.0 Å². The van der Waals surface area contributed by atoms with Crippen molar-refractivity contribution in [2.45, 2.75) is 80.4 Å². The van der Waals surface area contributed by atoms with Gasteiger partial charge in [0.15, 0.2) is 11.8 Å². The van der Waals surface area contributed by atoms with Crippen LogP contribution in [-0.4, -0.2) is 157 Å². The SMILES string of the molecule is CN1CC(=O)N[C@H](Cc2cn(C(N)=O)c3cc(Cl)ccc23)C(=O)NCC(=O)NC[C@@H](O)CC(=O)N[C@H]([C@H](O)[C@@H](O)C/C=C/c2ccccc2)[C@@H](O)C(=O)N[C@@H]2CC(=O)N[C@@]2(O)CC1=O. The number of hydrogen-bond acceptors (Lipinski definition) is 13. The average Bonchev–Trinajstić information content (AvgIpc) is 3.73. The number of likely N-dealkylation sites (N-methyl/N-ethyl adjacent to an activating group) is 1. The first kappa shape index (κ1) is 48.6. The van der Waals surface area contributed by atoms with Crippen molar-refractivity contribution < 1.29 is 63.9 Å². The van der Waals surface area contributed by atoms with E-state index in [0.717, 1.165) is 15.0 Å². The molecule has 64 heavy (non-hydrogen) atoms. The van der Waals surface area contributed by atoms with Gasteiger partial charge in [0, 0.05) is 36.6 Å². The van der Waals surface area contributed by atoms with Crippen LogP contribution in [0.25, 0.3) is 17.0 Å². The Kier molecular flexibility index (Phi) is 16.2. The van der Waals surface area contributed by atoms with Gasteiger partial charge in [0.05, 0.1) is 62.2 Å². The van der Waals surface area contributed by atoms with Gasteiger partial charge < -0.3 is 68.1 Å². The predicted octanol–water partition coefficient (Wildman–Crippen LogP) is -3.54. The number of rotatable bonds is 7. The van der Waals surface area contributed by atoms with E-state index in [1.807, 2.05) is 0 Å². The monoisotopic (exact) mass is 911 g/mol. The molecule has 0 bridgehead atoms. The molecule has 23 heteroatoms. The summed E-state index contributed by atoms with van der Waals surface area (Å²) in [4.78, 5) is 106. The number of nitrogens with one attached hydrogen (secondary N) is 6. The highest BCUT2D eigenvalue weighted by Crippen LogP contribution is 2.27. The summed E-state index contributed by atoms with van der Waals surface area (Å²) in [5, 5.41) is 70.1. The fourth-order valence-electron chi connectivity index (χ4n) is 7.20. The second-order valence-corrected chi connectivity index (χ2v) is 16.0. The van der Waals surface area contributed by atoms with Crippen LogP contribution in [0.2, 0.25) is 5.02 Å². The van der Waals surface area contributed by atoms with Gasteiger partial charge in [-0.15, -0.1) is 0 Å². The summed E-state index contributed by atoms with van der Waals surface area (Å²) >= 11 is 6.14. The van der Waals surface area contributed by atoms with E-state index < -0.39 is 135 Å². The number of halogens is 1. The smallest absolute Gasteiger partial charge is 0.323 e. The van der Waals surface area contributed by atoms with E-state index in [2.05, 4.69) is 31.9 Å². The molecule has 2 saturated heterocycles. The summed E-state index contributed by atoms with van der Waals surface area (Å²) in [5.41, 5.74) is 4.46. The van der Waals surface area contributed by atoms with Gasteiger partial charge in [0.1, 0.15) is 12.1 Å². The fraction of sp³-hybridized carbons (Fsp3) is 0.415. The van der Waals surface area contributed by atoms with Crippen molar-refractivity contribution in [2.24, 2.45) is 5.73 Å². The Morgan fingerprint density at radius 3 is 2.34 bits per heavy atom. The first-order valence-corrected chi connectivity index (χ1v) is 20.4. The zero-order valence-electron chi connectivity index (χ0n) is 34.4. The van der Waals surface area contributed by atoms with Gasteiger partial charge in [0.25, 0.3) is 5.91 Å². The largest absolute Gasteiger partial charge is 0.391 e. The molecule has 3 heterocycles. The molecule has 1 aromatic heterocycles. The maximum Gasteiger partial charge on any atom is 0.323 e. The molecule has 344 valence electrons. The Bertz CT molecular complexity index is 2290. The molecular formula is C41H50ClN9O13. The summed E-state index contributed by atoms with van der Waals surface area (Å²) in [6.07, 6.45) is -6.04. The Balaban J connectivity index is 1.39. The van der Waals surface area contributed by atoms with Crippen LogP contribution in [0, 0.1) is 0 Å². The zero-order valence-corrected chi connectivity index (χ0v) is 35.2. The summed E-state index contributed by atoms with van der Waals surface area (Å²) in [6, 6.07) is 7.54.